The van der Waals surface area contributed by atoms with Crippen molar-refractivity contribution in [1.29, 1.82) is 0 Å². The summed E-state index contributed by atoms with van der Waals surface area (Å²) in [5, 5.41) is 2.70. The maximum atomic E-state index is 13.1. The summed E-state index contributed by atoms with van der Waals surface area (Å²) in [6.45, 7) is 7.27. The van der Waals surface area contributed by atoms with Crippen molar-refractivity contribution in [2.24, 2.45) is 0 Å². The first-order valence-electron chi connectivity index (χ1n) is 9.86. The lowest BCUT2D eigenvalue weighted by molar-refractivity contribution is -0.181. The van der Waals surface area contributed by atoms with Crippen LogP contribution < -0.4 is 5.32 Å². The molecule has 150 valence electrons. The van der Waals surface area contributed by atoms with Crippen LogP contribution in [0.1, 0.15) is 29.6 Å². The van der Waals surface area contributed by atoms with Crippen molar-refractivity contribution in [3.63, 3.8) is 0 Å². The average Bonchev–Trinajstić information content (AvgIpc) is 2.74. The maximum absolute atomic E-state index is 13.1. The van der Waals surface area contributed by atoms with E-state index in [-0.39, 0.29) is 24.1 Å². The van der Waals surface area contributed by atoms with Crippen LogP contribution in [0.4, 0.5) is 5.69 Å². The highest BCUT2D eigenvalue weighted by atomic mass is 16.5. The van der Waals surface area contributed by atoms with Gasteiger partial charge in [0.05, 0.1) is 25.4 Å². The van der Waals surface area contributed by atoms with Crippen LogP contribution in [0.2, 0.25) is 0 Å². The van der Waals surface area contributed by atoms with E-state index >= 15 is 0 Å². The van der Waals surface area contributed by atoms with Gasteiger partial charge in [0.15, 0.2) is 0 Å². The quantitative estimate of drug-likeness (QED) is 0.805. The van der Waals surface area contributed by atoms with E-state index in [1.165, 1.54) is 18.9 Å². The predicted molar refractivity (Wildman–Crippen MR) is 105 cm³/mol. The zero-order valence-corrected chi connectivity index (χ0v) is 16.1. The van der Waals surface area contributed by atoms with Crippen molar-refractivity contribution in [3.8, 4) is 0 Å². The van der Waals surface area contributed by atoms with Gasteiger partial charge in [0, 0.05) is 23.8 Å². The van der Waals surface area contributed by atoms with Crippen molar-refractivity contribution in [2.75, 3.05) is 45.0 Å². The van der Waals surface area contributed by atoms with E-state index < -0.39 is 0 Å². The Morgan fingerprint density at radius 3 is 2.96 bits per heavy atom. The van der Waals surface area contributed by atoms with Gasteiger partial charge in [-0.15, -0.1) is 0 Å². The van der Waals surface area contributed by atoms with Crippen molar-refractivity contribution < 1.29 is 19.1 Å². The molecule has 3 saturated heterocycles. The third-order valence-corrected chi connectivity index (χ3v) is 5.87. The number of rotatable bonds is 3. The van der Waals surface area contributed by atoms with Crippen molar-refractivity contribution in [1.82, 2.24) is 9.80 Å². The van der Waals surface area contributed by atoms with Gasteiger partial charge in [-0.2, -0.15) is 0 Å². The SMILES string of the molecule is C=CC(=O)Nc1cccc(C(=O)N2COC[C@]3(COC[C@H]4CCCCN43)C2)c1. The van der Waals surface area contributed by atoms with Gasteiger partial charge in [-0.1, -0.05) is 19.1 Å². The summed E-state index contributed by atoms with van der Waals surface area (Å²) in [6.07, 6.45) is 4.75. The normalized spacial score (nSPS) is 27.9. The number of hydrogen-bond acceptors (Lipinski definition) is 5. The number of nitrogens with zero attached hydrogens (tertiary/aromatic N) is 2. The lowest BCUT2D eigenvalue weighted by atomic mass is 9.88. The van der Waals surface area contributed by atoms with E-state index in [1.54, 1.807) is 29.2 Å². The molecular weight excluding hydrogens is 358 g/mol. The van der Waals surface area contributed by atoms with Gasteiger partial charge >= 0.3 is 0 Å². The van der Waals surface area contributed by atoms with Crippen LogP contribution in [0.5, 0.6) is 0 Å². The summed E-state index contributed by atoms with van der Waals surface area (Å²) in [7, 11) is 0. The van der Waals surface area contributed by atoms with Crippen molar-refractivity contribution >= 4 is 17.5 Å². The first kappa shape index (κ1) is 19.1. The molecule has 1 N–H and O–H groups in total. The standard InChI is InChI=1S/C21H27N3O4/c1-2-19(25)22-17-7-5-6-16(10-17)20(26)23-12-21(14-28-15-23)13-27-11-18-8-3-4-9-24(18)21/h2,5-7,10,18H,1,3-4,8-9,11-15H2,(H,22,25)/t18-,21-/m1/s1. The Kier molecular flexibility index (Phi) is 5.48. The third-order valence-electron chi connectivity index (χ3n) is 5.87. The molecule has 28 heavy (non-hydrogen) atoms. The van der Waals surface area contributed by atoms with Gasteiger partial charge < -0.3 is 19.7 Å². The van der Waals surface area contributed by atoms with E-state index in [0.29, 0.717) is 37.1 Å². The molecule has 0 saturated carbocycles. The van der Waals surface area contributed by atoms with E-state index in [4.69, 9.17) is 9.47 Å². The molecule has 1 spiro atoms. The van der Waals surface area contributed by atoms with Crippen LogP contribution >= 0.6 is 0 Å². The number of hydrogen-bond donors (Lipinski definition) is 1. The molecule has 0 bridgehead atoms. The molecule has 1 aromatic rings. The number of anilines is 1. The van der Waals surface area contributed by atoms with Crippen LogP contribution in [0.15, 0.2) is 36.9 Å². The third kappa shape index (κ3) is 3.70. The molecule has 7 nitrogen and oxygen atoms in total. The van der Waals surface area contributed by atoms with Gasteiger partial charge in [-0.05, 0) is 43.7 Å². The number of piperidine rings is 1. The Morgan fingerprint density at radius 2 is 2.11 bits per heavy atom. The second-order valence-corrected chi connectivity index (χ2v) is 7.84. The molecule has 2 atom stereocenters. The number of benzene rings is 1. The summed E-state index contributed by atoms with van der Waals surface area (Å²) < 4.78 is 11.8. The fourth-order valence-electron chi connectivity index (χ4n) is 4.56. The fourth-order valence-corrected chi connectivity index (χ4v) is 4.56. The number of fused-ring (bicyclic) bond motifs is 2. The monoisotopic (exact) mass is 385 g/mol. The van der Waals surface area contributed by atoms with Gasteiger partial charge in [0.25, 0.3) is 5.91 Å². The molecule has 7 heteroatoms. The van der Waals surface area contributed by atoms with E-state index in [1.807, 2.05) is 0 Å². The van der Waals surface area contributed by atoms with Gasteiger partial charge in [-0.3, -0.25) is 14.5 Å². The molecule has 3 fully saturated rings. The molecule has 1 aromatic carbocycles. The summed E-state index contributed by atoms with van der Waals surface area (Å²) >= 11 is 0. The molecule has 0 aliphatic carbocycles. The Bertz CT molecular complexity index is 762. The summed E-state index contributed by atoms with van der Waals surface area (Å²) in [6, 6.07) is 7.37. The Hall–Kier alpha value is -2.22. The zero-order chi connectivity index (χ0) is 19.6. The highest BCUT2D eigenvalue weighted by Gasteiger charge is 2.48. The van der Waals surface area contributed by atoms with Gasteiger partial charge in [-0.25, -0.2) is 0 Å². The molecule has 0 radical (unpaired) electrons. The minimum Gasteiger partial charge on any atom is -0.378 e. The minimum absolute atomic E-state index is 0.104. The van der Waals surface area contributed by atoms with Crippen LogP contribution in [-0.2, 0) is 14.3 Å². The number of nitrogens with one attached hydrogen (secondary N) is 1. The van der Waals surface area contributed by atoms with E-state index in [2.05, 4.69) is 16.8 Å². The number of amides is 2. The molecule has 2 amide bonds. The Labute approximate surface area is 165 Å². The molecule has 0 aromatic heterocycles. The summed E-state index contributed by atoms with van der Waals surface area (Å²) in [4.78, 5) is 28.9. The van der Waals surface area contributed by atoms with Crippen LogP contribution in [-0.4, -0.2) is 72.8 Å². The summed E-state index contributed by atoms with van der Waals surface area (Å²) in [5.74, 6) is -0.409. The number of carbonyl (C=O) groups is 2. The largest absolute Gasteiger partial charge is 0.378 e. The molecule has 3 aliphatic rings. The van der Waals surface area contributed by atoms with Crippen LogP contribution in [0.25, 0.3) is 0 Å². The van der Waals surface area contributed by atoms with Crippen LogP contribution in [0.3, 0.4) is 0 Å². The van der Waals surface area contributed by atoms with E-state index in [0.717, 1.165) is 19.6 Å². The molecule has 4 rings (SSSR count). The average molecular weight is 385 g/mol. The number of carbonyl (C=O) groups excluding carboxylic acids is 2. The number of ether oxygens (including phenoxy) is 2. The number of morpholine rings is 1. The van der Waals surface area contributed by atoms with Crippen molar-refractivity contribution in [2.45, 2.75) is 30.8 Å². The van der Waals surface area contributed by atoms with E-state index in [9.17, 15) is 9.59 Å². The molecule has 3 heterocycles. The lowest BCUT2D eigenvalue weighted by Gasteiger charge is -2.55. The van der Waals surface area contributed by atoms with Gasteiger partial charge in [0.1, 0.15) is 6.73 Å². The second kappa shape index (κ2) is 8.03. The van der Waals surface area contributed by atoms with Gasteiger partial charge in [0.2, 0.25) is 5.91 Å². The fraction of sp³-hybridized carbons (Fsp3) is 0.524. The molecular formula is C21H27N3O4. The Morgan fingerprint density at radius 1 is 1.25 bits per heavy atom. The van der Waals surface area contributed by atoms with Crippen LogP contribution in [0, 0.1) is 0 Å². The molecule has 0 unspecified atom stereocenters. The highest BCUT2D eigenvalue weighted by Crippen LogP contribution is 2.34. The lowest BCUT2D eigenvalue weighted by Crippen LogP contribution is -2.71. The Balaban J connectivity index is 1.51. The second-order valence-electron chi connectivity index (χ2n) is 7.84. The maximum Gasteiger partial charge on any atom is 0.255 e. The minimum atomic E-state index is -0.305. The first-order valence-corrected chi connectivity index (χ1v) is 9.86. The highest BCUT2D eigenvalue weighted by molar-refractivity contribution is 6.00. The smallest absolute Gasteiger partial charge is 0.255 e. The predicted octanol–water partition coefficient (Wildman–Crippen LogP) is 1.86. The topological polar surface area (TPSA) is 71.1 Å². The first-order chi connectivity index (χ1) is 13.6. The molecule has 3 aliphatic heterocycles. The zero-order valence-electron chi connectivity index (χ0n) is 16.1. The van der Waals surface area contributed by atoms with Crippen molar-refractivity contribution in [3.05, 3.63) is 42.5 Å². The summed E-state index contributed by atoms with van der Waals surface area (Å²) in [5.41, 5.74) is 0.821.